The molecule has 2 amide bonds. The summed E-state index contributed by atoms with van der Waals surface area (Å²) in [6.45, 7) is 0. The van der Waals surface area contributed by atoms with Crippen molar-refractivity contribution in [3.63, 3.8) is 0 Å². The minimum atomic E-state index is -0.399. The van der Waals surface area contributed by atoms with Gasteiger partial charge < -0.3 is 15.6 Å². The van der Waals surface area contributed by atoms with Crippen molar-refractivity contribution >= 4 is 45.8 Å². The summed E-state index contributed by atoms with van der Waals surface area (Å²) < 4.78 is 0. The van der Waals surface area contributed by atoms with Gasteiger partial charge in [0.05, 0.1) is 22.5 Å². The van der Waals surface area contributed by atoms with Crippen LogP contribution < -0.4 is 10.6 Å². The molecule has 0 aliphatic rings. The smallest absolute Gasteiger partial charge is 0.257 e. The number of H-pyrrole nitrogens is 1. The Hall–Kier alpha value is -4.42. The quantitative estimate of drug-likeness (QED) is 0.280. The van der Waals surface area contributed by atoms with Crippen LogP contribution in [0.3, 0.4) is 0 Å². The lowest BCUT2D eigenvalue weighted by Gasteiger charge is -2.11. The summed E-state index contributed by atoms with van der Waals surface area (Å²) in [7, 11) is 0. The number of rotatable bonds is 5. The number of nitrogens with zero attached hydrogens (tertiary/aromatic N) is 1. The molecule has 7 heteroatoms. The minimum Gasteiger partial charge on any atom is -0.346 e. The van der Waals surface area contributed by atoms with Crippen molar-refractivity contribution < 1.29 is 9.59 Å². The van der Waals surface area contributed by atoms with Gasteiger partial charge in [0.25, 0.3) is 11.8 Å². The Labute approximate surface area is 200 Å². The molecule has 0 spiro atoms. The van der Waals surface area contributed by atoms with Crippen molar-refractivity contribution in [3.8, 4) is 11.1 Å². The summed E-state index contributed by atoms with van der Waals surface area (Å²) in [6, 6.07) is 25.7. The number of hydrogen-bond acceptors (Lipinski definition) is 3. The molecule has 6 nitrogen and oxygen atoms in total. The van der Waals surface area contributed by atoms with Crippen LogP contribution in [-0.4, -0.2) is 21.8 Å². The maximum atomic E-state index is 12.9. The van der Waals surface area contributed by atoms with E-state index in [1.165, 1.54) is 0 Å². The van der Waals surface area contributed by atoms with Crippen LogP contribution in [-0.2, 0) is 0 Å². The second kappa shape index (κ2) is 9.21. The van der Waals surface area contributed by atoms with Gasteiger partial charge in [-0.3, -0.25) is 9.59 Å². The van der Waals surface area contributed by atoms with Crippen molar-refractivity contribution in [1.82, 2.24) is 9.97 Å². The average Bonchev–Trinajstić information content (AvgIpc) is 3.34. The van der Waals surface area contributed by atoms with Crippen LogP contribution in [0.2, 0.25) is 5.02 Å². The maximum Gasteiger partial charge on any atom is 0.257 e. The van der Waals surface area contributed by atoms with Crippen LogP contribution in [0, 0.1) is 0 Å². The first-order chi connectivity index (χ1) is 16.6. The van der Waals surface area contributed by atoms with Gasteiger partial charge in [0, 0.05) is 22.8 Å². The third kappa shape index (κ3) is 4.53. The summed E-state index contributed by atoms with van der Waals surface area (Å²) in [5.74, 6) is -0.683. The molecular formula is C27H19ClN4O2. The Morgan fingerprint density at radius 2 is 1.56 bits per heavy atom. The number of carbonyl (C=O) groups excluding carboxylic acids is 2. The fourth-order valence-electron chi connectivity index (χ4n) is 3.66. The largest absolute Gasteiger partial charge is 0.346 e. The summed E-state index contributed by atoms with van der Waals surface area (Å²) in [5.41, 5.74) is 4.45. The standard InChI is InChI=1S/C27H19ClN4O2/c28-24-10-9-21(15-23(24)27(34)32-22-14-19-11-12-29-25(19)30-16-22)31-26(33)20-8-4-7-18(13-20)17-5-2-1-3-6-17/h1-16H,(H,29,30)(H,31,33)(H,32,34). The zero-order valence-corrected chi connectivity index (χ0v) is 18.6. The van der Waals surface area contributed by atoms with Crippen LogP contribution >= 0.6 is 11.6 Å². The van der Waals surface area contributed by atoms with E-state index in [-0.39, 0.29) is 16.5 Å². The minimum absolute atomic E-state index is 0.242. The molecule has 5 rings (SSSR count). The van der Waals surface area contributed by atoms with Crippen molar-refractivity contribution in [1.29, 1.82) is 0 Å². The van der Waals surface area contributed by atoms with E-state index in [9.17, 15) is 9.59 Å². The van der Waals surface area contributed by atoms with Gasteiger partial charge >= 0.3 is 0 Å². The van der Waals surface area contributed by atoms with Crippen LogP contribution in [0.1, 0.15) is 20.7 Å². The first kappa shape index (κ1) is 21.4. The van der Waals surface area contributed by atoms with Crippen molar-refractivity contribution in [3.05, 3.63) is 113 Å². The highest BCUT2D eigenvalue weighted by Crippen LogP contribution is 2.24. The molecule has 0 bridgehead atoms. The summed E-state index contributed by atoms with van der Waals surface area (Å²) in [4.78, 5) is 33.0. The van der Waals surface area contributed by atoms with Gasteiger partial charge in [-0.05, 0) is 53.6 Å². The summed E-state index contributed by atoms with van der Waals surface area (Å²) >= 11 is 6.28. The maximum absolute atomic E-state index is 12.9. The molecule has 2 aromatic heterocycles. The van der Waals surface area contributed by atoms with E-state index >= 15 is 0 Å². The van der Waals surface area contributed by atoms with Gasteiger partial charge in [-0.15, -0.1) is 0 Å². The Balaban J connectivity index is 1.34. The highest BCUT2D eigenvalue weighted by atomic mass is 35.5. The molecule has 0 aliphatic carbocycles. The van der Waals surface area contributed by atoms with E-state index in [1.807, 2.05) is 60.7 Å². The molecule has 0 radical (unpaired) electrons. The Morgan fingerprint density at radius 1 is 0.765 bits per heavy atom. The van der Waals surface area contributed by atoms with E-state index < -0.39 is 5.91 Å². The number of halogens is 1. The highest BCUT2D eigenvalue weighted by molar-refractivity contribution is 6.34. The van der Waals surface area contributed by atoms with Gasteiger partial charge in [0.2, 0.25) is 0 Å². The number of nitrogens with one attached hydrogen (secondary N) is 3. The molecule has 5 aromatic rings. The molecule has 0 atom stereocenters. The van der Waals surface area contributed by atoms with Crippen molar-refractivity contribution in [2.45, 2.75) is 0 Å². The molecule has 0 saturated carbocycles. The van der Waals surface area contributed by atoms with Crippen LogP contribution in [0.25, 0.3) is 22.2 Å². The Morgan fingerprint density at radius 3 is 2.41 bits per heavy atom. The number of fused-ring (bicyclic) bond motifs is 1. The van der Waals surface area contributed by atoms with E-state index in [4.69, 9.17) is 11.6 Å². The first-order valence-corrected chi connectivity index (χ1v) is 11.0. The second-order valence-electron chi connectivity index (χ2n) is 7.69. The van der Waals surface area contributed by atoms with E-state index in [1.54, 1.807) is 36.7 Å². The molecule has 34 heavy (non-hydrogen) atoms. The summed E-state index contributed by atoms with van der Waals surface area (Å²) in [6.07, 6.45) is 3.35. The van der Waals surface area contributed by atoms with Crippen molar-refractivity contribution in [2.75, 3.05) is 10.6 Å². The van der Waals surface area contributed by atoms with Crippen LogP contribution in [0.5, 0.6) is 0 Å². The monoisotopic (exact) mass is 466 g/mol. The van der Waals surface area contributed by atoms with E-state index in [0.29, 0.717) is 16.9 Å². The number of benzene rings is 3. The zero-order chi connectivity index (χ0) is 23.5. The topological polar surface area (TPSA) is 86.9 Å². The predicted molar refractivity (Wildman–Crippen MR) is 135 cm³/mol. The zero-order valence-electron chi connectivity index (χ0n) is 17.9. The number of carbonyl (C=O) groups is 2. The number of aromatic nitrogens is 2. The molecule has 0 aliphatic heterocycles. The molecule has 3 N–H and O–H groups in total. The van der Waals surface area contributed by atoms with Gasteiger partial charge in [0.1, 0.15) is 5.65 Å². The molecule has 2 heterocycles. The van der Waals surface area contributed by atoms with E-state index in [0.717, 1.165) is 22.2 Å². The molecule has 0 saturated heterocycles. The van der Waals surface area contributed by atoms with Gasteiger partial charge in [0.15, 0.2) is 0 Å². The lowest BCUT2D eigenvalue weighted by Crippen LogP contribution is -2.15. The Kier molecular flexibility index (Phi) is 5.81. The lowest BCUT2D eigenvalue weighted by molar-refractivity contribution is 0.101. The SMILES string of the molecule is O=C(Nc1ccc(Cl)c(C(=O)Nc2cnc3[nH]ccc3c2)c1)c1cccc(-c2ccccc2)c1. The molecule has 3 aromatic carbocycles. The second-order valence-corrected chi connectivity index (χ2v) is 8.10. The van der Waals surface area contributed by atoms with Gasteiger partial charge in [-0.1, -0.05) is 54.1 Å². The van der Waals surface area contributed by atoms with Crippen molar-refractivity contribution in [2.24, 2.45) is 0 Å². The Bertz CT molecular complexity index is 1510. The molecular weight excluding hydrogens is 448 g/mol. The predicted octanol–water partition coefficient (Wildman–Crippen LogP) is 6.39. The summed E-state index contributed by atoms with van der Waals surface area (Å²) in [5, 5.41) is 6.81. The first-order valence-electron chi connectivity index (χ1n) is 10.6. The van der Waals surface area contributed by atoms with Crippen LogP contribution in [0.4, 0.5) is 11.4 Å². The normalized spacial score (nSPS) is 10.7. The van der Waals surface area contributed by atoms with E-state index in [2.05, 4.69) is 20.6 Å². The highest BCUT2D eigenvalue weighted by Gasteiger charge is 2.14. The van der Waals surface area contributed by atoms with Gasteiger partial charge in [-0.2, -0.15) is 0 Å². The fourth-order valence-corrected chi connectivity index (χ4v) is 3.86. The third-order valence-electron chi connectivity index (χ3n) is 5.36. The average molecular weight is 467 g/mol. The lowest BCUT2D eigenvalue weighted by atomic mass is 10.0. The van der Waals surface area contributed by atoms with Crippen LogP contribution in [0.15, 0.2) is 97.3 Å². The number of pyridine rings is 1. The number of hydrogen-bond donors (Lipinski definition) is 3. The molecule has 0 unspecified atom stereocenters. The number of aromatic amines is 1. The third-order valence-corrected chi connectivity index (χ3v) is 5.69. The number of amides is 2. The fraction of sp³-hybridized carbons (Fsp3) is 0. The molecule has 0 fully saturated rings. The van der Waals surface area contributed by atoms with Gasteiger partial charge in [-0.25, -0.2) is 4.98 Å². The molecule has 166 valence electrons. The number of anilines is 2.